The van der Waals surface area contributed by atoms with Gasteiger partial charge in [0.15, 0.2) is 5.78 Å². The number of alkyl halides is 17. The van der Waals surface area contributed by atoms with Gasteiger partial charge < -0.3 is 44.2 Å². The molecule has 0 radical (unpaired) electrons. The van der Waals surface area contributed by atoms with E-state index in [2.05, 4.69) is 9.47 Å². The first-order valence-corrected chi connectivity index (χ1v) is 16.6. The molecule has 0 saturated heterocycles. The van der Waals surface area contributed by atoms with Crippen LogP contribution in [0.3, 0.4) is 0 Å². The lowest BCUT2D eigenvalue weighted by Gasteiger charge is -2.42. The van der Waals surface area contributed by atoms with E-state index in [0.717, 1.165) is 7.11 Å². The number of esters is 1. The molecule has 0 aliphatic heterocycles. The van der Waals surface area contributed by atoms with Crippen molar-refractivity contribution in [3.05, 3.63) is 0 Å². The summed E-state index contributed by atoms with van der Waals surface area (Å²) in [5.41, 5.74) is 5.77. The number of methoxy groups -OCH3 is 2. The molecule has 0 aliphatic rings. The fourth-order valence-electron chi connectivity index (χ4n) is 4.13. The molecule has 0 aromatic carbocycles. The third-order valence-electron chi connectivity index (χ3n) is 7.62. The van der Waals surface area contributed by atoms with Gasteiger partial charge in [0, 0.05) is 13.5 Å². The molecule has 0 aromatic rings. The van der Waals surface area contributed by atoms with Gasteiger partial charge in [-0.05, 0) is 19.3 Å². The van der Waals surface area contributed by atoms with Crippen LogP contribution in [-0.2, 0) is 47.5 Å². The summed E-state index contributed by atoms with van der Waals surface area (Å²) in [6.07, 6.45) is -11.3. The number of nitrogens with one attached hydrogen (secondary N) is 1. The standard InChI is InChI=1S/C30H41F17N2O10/c1-53-8-9-55-10-11-56-12-13-57-14-15-59-16-20(50)18(48)4-3-5-19(22(52)54-2)49-21(51)17-58-7-6-23(31,32)24(33,34)25(35,36)26(37,38)27(39,40)28(41,42)29(43,44)30(45,46)47/h18-19H,3-17,48H2,1-2H3,(H,49,51)/t18?,19-/m0/s1. The molecular weight excluding hydrogens is 871 g/mol. The molecule has 29 heteroatoms. The zero-order valence-electron chi connectivity index (χ0n) is 30.8. The first-order valence-electron chi connectivity index (χ1n) is 16.6. The zero-order valence-corrected chi connectivity index (χ0v) is 30.8. The largest absolute Gasteiger partial charge is 0.467 e. The highest BCUT2D eigenvalue weighted by molar-refractivity contribution is 5.85. The second kappa shape index (κ2) is 23.4. The number of ether oxygens (including phenoxy) is 7. The summed E-state index contributed by atoms with van der Waals surface area (Å²) in [5, 5.41) is 1.90. The van der Waals surface area contributed by atoms with Crippen molar-refractivity contribution in [2.45, 2.75) is 85.4 Å². The number of nitrogens with two attached hydrogens (primary N) is 1. The van der Waals surface area contributed by atoms with Crippen LogP contribution in [0.2, 0.25) is 0 Å². The van der Waals surface area contributed by atoms with Gasteiger partial charge in [-0.2, -0.15) is 74.6 Å². The zero-order chi connectivity index (χ0) is 46.2. The second-order valence-corrected chi connectivity index (χ2v) is 12.0. The van der Waals surface area contributed by atoms with Gasteiger partial charge in [-0.25, -0.2) is 4.79 Å². The van der Waals surface area contributed by atoms with Gasteiger partial charge >= 0.3 is 53.6 Å². The number of carbonyl (C=O) groups is 3. The Morgan fingerprint density at radius 3 is 1.37 bits per heavy atom. The monoisotopic (exact) mass is 912 g/mol. The van der Waals surface area contributed by atoms with E-state index in [9.17, 15) is 89.0 Å². The Hall–Kier alpha value is -2.86. The molecule has 1 unspecified atom stereocenters. The van der Waals surface area contributed by atoms with E-state index in [0.29, 0.717) is 26.4 Å². The van der Waals surface area contributed by atoms with Crippen LogP contribution in [-0.4, -0.2) is 164 Å². The van der Waals surface area contributed by atoms with Crippen LogP contribution in [0.15, 0.2) is 0 Å². The highest BCUT2D eigenvalue weighted by Crippen LogP contribution is 2.64. The third kappa shape index (κ3) is 14.6. The Balaban J connectivity index is 5.03. The summed E-state index contributed by atoms with van der Waals surface area (Å²) >= 11 is 0. The van der Waals surface area contributed by atoms with Gasteiger partial charge in [-0.15, -0.1) is 0 Å². The van der Waals surface area contributed by atoms with Crippen molar-refractivity contribution in [3.63, 3.8) is 0 Å². The topological polar surface area (TPSA) is 154 Å². The van der Waals surface area contributed by atoms with Crippen molar-refractivity contribution in [1.82, 2.24) is 5.32 Å². The smallest absolute Gasteiger partial charge is 0.460 e. The molecule has 0 heterocycles. The maximum atomic E-state index is 14.1. The summed E-state index contributed by atoms with van der Waals surface area (Å²) in [7, 11) is 2.36. The van der Waals surface area contributed by atoms with Gasteiger partial charge in [0.25, 0.3) is 0 Å². The lowest BCUT2D eigenvalue weighted by molar-refractivity contribution is -0.462. The van der Waals surface area contributed by atoms with Crippen molar-refractivity contribution in [2.75, 3.05) is 86.9 Å². The maximum absolute atomic E-state index is 14.1. The van der Waals surface area contributed by atoms with Gasteiger partial charge in [0.1, 0.15) is 19.3 Å². The molecule has 1 amide bonds. The molecule has 2 atom stereocenters. The normalized spacial score (nSPS) is 14.9. The fraction of sp³-hybridized carbons (Fsp3) is 0.900. The van der Waals surface area contributed by atoms with Crippen molar-refractivity contribution >= 4 is 17.7 Å². The highest BCUT2D eigenvalue weighted by atomic mass is 19.4. The lowest BCUT2D eigenvalue weighted by Crippen LogP contribution is -2.74. The predicted octanol–water partition coefficient (Wildman–Crippen LogP) is 4.84. The summed E-state index contributed by atoms with van der Waals surface area (Å²) in [4.78, 5) is 36.4. The molecular formula is C30H41F17N2O10. The highest BCUT2D eigenvalue weighted by Gasteiger charge is 2.95. The average molecular weight is 913 g/mol. The number of Topliss-reactive ketones (excluding diaryl/α,β-unsaturated/α-hetero) is 1. The van der Waals surface area contributed by atoms with Crippen LogP contribution < -0.4 is 11.1 Å². The summed E-state index contributed by atoms with van der Waals surface area (Å²) in [6.45, 7) is -1.86. The lowest BCUT2D eigenvalue weighted by atomic mass is 9.88. The van der Waals surface area contributed by atoms with E-state index in [4.69, 9.17) is 29.4 Å². The predicted molar refractivity (Wildman–Crippen MR) is 162 cm³/mol. The number of amides is 1. The number of hydrogen-bond acceptors (Lipinski definition) is 11. The molecule has 0 aliphatic carbocycles. The molecule has 0 bridgehead atoms. The molecule has 0 fully saturated rings. The molecule has 350 valence electrons. The molecule has 59 heavy (non-hydrogen) atoms. The van der Waals surface area contributed by atoms with Crippen LogP contribution >= 0.6 is 0 Å². The molecule has 0 saturated carbocycles. The summed E-state index contributed by atoms with van der Waals surface area (Å²) < 4.78 is 262. The SMILES string of the molecule is COCCOCCOCCOCCOCC(=O)C(N)CCC[C@H](NC(=O)COCCC(F)(F)C(F)(F)C(F)(F)C(F)(F)C(F)(F)C(F)(F)C(F)(F)C(F)(F)F)C(=O)OC. The second-order valence-electron chi connectivity index (χ2n) is 12.0. The molecule has 0 spiro atoms. The van der Waals surface area contributed by atoms with Gasteiger partial charge in [-0.3, -0.25) is 9.59 Å². The first kappa shape index (κ1) is 56.1. The first-order chi connectivity index (χ1) is 26.9. The van der Waals surface area contributed by atoms with Crippen LogP contribution in [0.4, 0.5) is 74.6 Å². The Labute approximate surface area is 323 Å². The minimum atomic E-state index is -8.75. The maximum Gasteiger partial charge on any atom is 0.460 e. The van der Waals surface area contributed by atoms with Gasteiger partial charge in [-0.1, -0.05) is 0 Å². The number of hydrogen-bond donors (Lipinski definition) is 2. The quantitative estimate of drug-likeness (QED) is 0.0542. The van der Waals surface area contributed by atoms with E-state index < -0.39 is 104 Å². The summed E-state index contributed by atoms with van der Waals surface area (Å²) in [6, 6.07) is -2.74. The van der Waals surface area contributed by atoms with Crippen molar-refractivity contribution < 1.29 is 122 Å². The van der Waals surface area contributed by atoms with Crippen LogP contribution in [0.25, 0.3) is 0 Å². The Morgan fingerprint density at radius 2 is 0.932 bits per heavy atom. The van der Waals surface area contributed by atoms with Gasteiger partial charge in [0.2, 0.25) is 5.91 Å². The number of halogens is 17. The Bertz CT molecular complexity index is 1290. The van der Waals surface area contributed by atoms with Crippen LogP contribution in [0, 0.1) is 0 Å². The minimum absolute atomic E-state index is 0.00188. The minimum Gasteiger partial charge on any atom is -0.467 e. The molecule has 3 N–H and O–H groups in total. The molecule has 12 nitrogen and oxygen atoms in total. The number of ketones is 1. The van der Waals surface area contributed by atoms with Crippen LogP contribution in [0.5, 0.6) is 0 Å². The van der Waals surface area contributed by atoms with Gasteiger partial charge in [0.05, 0.1) is 72.6 Å². The van der Waals surface area contributed by atoms with Crippen LogP contribution in [0.1, 0.15) is 25.7 Å². The average Bonchev–Trinajstić information content (AvgIpc) is 3.13. The fourth-order valence-corrected chi connectivity index (χ4v) is 4.13. The third-order valence-corrected chi connectivity index (χ3v) is 7.62. The van der Waals surface area contributed by atoms with E-state index in [1.54, 1.807) is 0 Å². The van der Waals surface area contributed by atoms with Crippen molar-refractivity contribution in [1.29, 1.82) is 0 Å². The summed E-state index contributed by atoms with van der Waals surface area (Å²) in [5.74, 6) is -60.6. The van der Waals surface area contributed by atoms with Crippen molar-refractivity contribution in [3.8, 4) is 0 Å². The van der Waals surface area contributed by atoms with E-state index in [-0.39, 0.29) is 45.7 Å². The molecule has 0 rings (SSSR count). The molecule has 0 aromatic heterocycles. The van der Waals surface area contributed by atoms with E-state index in [1.807, 2.05) is 5.32 Å². The van der Waals surface area contributed by atoms with E-state index in [1.165, 1.54) is 7.11 Å². The Kier molecular flexibility index (Phi) is 22.2. The number of rotatable bonds is 32. The van der Waals surface area contributed by atoms with Crippen molar-refractivity contribution in [2.24, 2.45) is 5.73 Å². The number of carbonyl (C=O) groups excluding carboxylic acids is 3. The van der Waals surface area contributed by atoms with E-state index >= 15 is 0 Å². The Morgan fingerprint density at radius 1 is 0.525 bits per heavy atom.